The summed E-state index contributed by atoms with van der Waals surface area (Å²) in [6.07, 6.45) is -5.35. The van der Waals surface area contributed by atoms with Crippen LogP contribution in [0.1, 0.15) is 41.4 Å². The Labute approximate surface area is 238 Å². The summed E-state index contributed by atoms with van der Waals surface area (Å²) in [6, 6.07) is 16.3. The minimum absolute atomic E-state index is 0.0784. The van der Waals surface area contributed by atoms with Gasteiger partial charge in [0.1, 0.15) is 12.4 Å². The number of para-hydroxylation sites is 1. The lowest BCUT2D eigenvalue weighted by Crippen LogP contribution is -2.52. The molecule has 1 saturated heterocycles. The van der Waals surface area contributed by atoms with Gasteiger partial charge in [0, 0.05) is 22.2 Å². The molecular formula is C27H28F3N3O8S. The molecule has 42 heavy (non-hydrogen) atoms. The standard InChI is InChI=1S/C25H27N3O6S.C2HF3O2/c1-16-11-19(21-5-3-4-6-22(21)26-16)14-34-20-9-7-18(8-10-20)24(30)27-25(13-23(29)28-31)12-17(2)35(32,33)15-25;3-2(4,5)1(6)7/h3-11,17,31H,12-15H2,1-2H3,(H,27,30)(H,28,29);(H,6,7). The Balaban J connectivity index is 0.000000616. The number of rotatable bonds is 7. The van der Waals surface area contributed by atoms with Gasteiger partial charge in [0.25, 0.3) is 5.91 Å². The second-order valence-electron chi connectivity index (χ2n) is 9.82. The molecule has 2 atom stereocenters. The monoisotopic (exact) mass is 611 g/mol. The molecule has 2 heterocycles. The van der Waals surface area contributed by atoms with Gasteiger partial charge in [-0.15, -0.1) is 0 Å². The lowest BCUT2D eigenvalue weighted by molar-refractivity contribution is -0.192. The fourth-order valence-corrected chi connectivity index (χ4v) is 6.48. The summed E-state index contributed by atoms with van der Waals surface area (Å²) < 4.78 is 62.3. The molecule has 2 unspecified atom stereocenters. The predicted octanol–water partition coefficient (Wildman–Crippen LogP) is 3.33. The van der Waals surface area contributed by atoms with Gasteiger partial charge in [-0.05, 0) is 56.7 Å². The number of nitrogens with zero attached hydrogens (tertiary/aromatic N) is 1. The van der Waals surface area contributed by atoms with Crippen LogP contribution in [0.15, 0.2) is 54.6 Å². The molecule has 0 radical (unpaired) electrons. The number of carbonyl (C=O) groups is 3. The summed E-state index contributed by atoms with van der Waals surface area (Å²) in [5, 5.41) is 19.1. The van der Waals surface area contributed by atoms with Gasteiger partial charge in [-0.25, -0.2) is 18.7 Å². The molecule has 15 heteroatoms. The van der Waals surface area contributed by atoms with Gasteiger partial charge in [0.2, 0.25) is 5.91 Å². The second-order valence-corrected chi connectivity index (χ2v) is 12.2. The number of halogens is 3. The van der Waals surface area contributed by atoms with Crippen molar-refractivity contribution in [3.8, 4) is 5.75 Å². The summed E-state index contributed by atoms with van der Waals surface area (Å²) in [6.45, 7) is 3.79. The molecule has 0 saturated carbocycles. The number of pyridine rings is 1. The van der Waals surface area contributed by atoms with E-state index in [9.17, 15) is 31.2 Å². The molecule has 226 valence electrons. The number of carbonyl (C=O) groups excluding carboxylic acids is 2. The van der Waals surface area contributed by atoms with Gasteiger partial charge in [-0.3, -0.25) is 19.8 Å². The number of ether oxygens (including phenoxy) is 1. The zero-order valence-electron chi connectivity index (χ0n) is 22.4. The Hall–Kier alpha value is -4.24. The van der Waals surface area contributed by atoms with E-state index >= 15 is 0 Å². The highest BCUT2D eigenvalue weighted by Crippen LogP contribution is 2.33. The third-order valence-electron chi connectivity index (χ3n) is 6.45. The van der Waals surface area contributed by atoms with Crippen LogP contribution in [0.4, 0.5) is 13.2 Å². The van der Waals surface area contributed by atoms with Crippen molar-refractivity contribution in [1.82, 2.24) is 15.8 Å². The van der Waals surface area contributed by atoms with Crippen LogP contribution >= 0.6 is 0 Å². The molecule has 2 amide bonds. The number of hydrogen-bond acceptors (Lipinski definition) is 8. The number of benzene rings is 2. The van der Waals surface area contributed by atoms with E-state index in [0.29, 0.717) is 17.9 Å². The number of aliphatic carboxylic acids is 1. The Kier molecular flexibility index (Phi) is 9.79. The van der Waals surface area contributed by atoms with E-state index < -0.39 is 44.6 Å². The fourth-order valence-electron chi connectivity index (χ4n) is 4.56. The van der Waals surface area contributed by atoms with Crippen LogP contribution in [0.5, 0.6) is 5.75 Å². The molecule has 4 N–H and O–H groups in total. The summed E-state index contributed by atoms with van der Waals surface area (Å²) in [7, 11) is -3.47. The average molecular weight is 612 g/mol. The third kappa shape index (κ3) is 8.16. The highest BCUT2D eigenvalue weighted by molar-refractivity contribution is 7.92. The van der Waals surface area contributed by atoms with Gasteiger partial charge in [-0.1, -0.05) is 18.2 Å². The maximum Gasteiger partial charge on any atom is 0.490 e. The van der Waals surface area contributed by atoms with Crippen molar-refractivity contribution in [2.45, 2.75) is 50.3 Å². The molecule has 0 spiro atoms. The first-order chi connectivity index (χ1) is 19.5. The van der Waals surface area contributed by atoms with Crippen LogP contribution < -0.4 is 15.5 Å². The quantitative estimate of drug-likeness (QED) is 0.231. The minimum Gasteiger partial charge on any atom is -0.489 e. The molecule has 1 aromatic heterocycles. The number of alkyl halides is 3. The van der Waals surface area contributed by atoms with Gasteiger partial charge in [0.05, 0.1) is 28.5 Å². The Morgan fingerprint density at radius 1 is 1.12 bits per heavy atom. The molecule has 1 aliphatic heterocycles. The molecule has 1 fully saturated rings. The highest BCUT2D eigenvalue weighted by atomic mass is 32.2. The summed E-state index contributed by atoms with van der Waals surface area (Å²) >= 11 is 0. The number of aryl methyl sites for hydroxylation is 1. The normalized spacial score (nSPS) is 19.3. The Bertz CT molecular complexity index is 1580. The van der Waals surface area contributed by atoms with Crippen molar-refractivity contribution in [2.24, 2.45) is 0 Å². The van der Waals surface area contributed by atoms with Crippen LogP contribution in [0.3, 0.4) is 0 Å². The van der Waals surface area contributed by atoms with E-state index in [4.69, 9.17) is 19.8 Å². The van der Waals surface area contributed by atoms with Gasteiger partial charge in [-0.2, -0.15) is 13.2 Å². The first-order valence-electron chi connectivity index (χ1n) is 12.4. The lowest BCUT2D eigenvalue weighted by Gasteiger charge is -2.28. The number of nitrogens with one attached hydrogen (secondary N) is 2. The number of fused-ring (bicyclic) bond motifs is 1. The zero-order chi connectivity index (χ0) is 31.3. The van der Waals surface area contributed by atoms with Crippen LogP contribution in [0, 0.1) is 6.92 Å². The minimum atomic E-state index is -5.08. The Morgan fingerprint density at radius 2 is 1.74 bits per heavy atom. The number of hydrogen-bond donors (Lipinski definition) is 4. The molecule has 4 rings (SSSR count). The summed E-state index contributed by atoms with van der Waals surface area (Å²) in [5.41, 5.74) is 3.30. The maximum absolute atomic E-state index is 12.9. The van der Waals surface area contributed by atoms with Gasteiger partial charge in [0.15, 0.2) is 9.84 Å². The Morgan fingerprint density at radius 3 is 2.29 bits per heavy atom. The van der Waals surface area contributed by atoms with Crippen LogP contribution in [0.2, 0.25) is 0 Å². The van der Waals surface area contributed by atoms with E-state index in [-0.39, 0.29) is 18.6 Å². The van der Waals surface area contributed by atoms with Crippen LogP contribution in [0.25, 0.3) is 10.9 Å². The molecule has 11 nitrogen and oxygen atoms in total. The second kappa shape index (κ2) is 12.7. The molecular weight excluding hydrogens is 583 g/mol. The van der Waals surface area contributed by atoms with Crippen molar-refractivity contribution < 1.29 is 51.0 Å². The van der Waals surface area contributed by atoms with E-state index in [1.54, 1.807) is 31.2 Å². The highest BCUT2D eigenvalue weighted by Gasteiger charge is 2.49. The van der Waals surface area contributed by atoms with Crippen LogP contribution in [-0.4, -0.2) is 64.2 Å². The maximum atomic E-state index is 12.9. The van der Waals surface area contributed by atoms with Crippen molar-refractivity contribution in [2.75, 3.05) is 5.75 Å². The van der Waals surface area contributed by atoms with Gasteiger partial charge >= 0.3 is 12.1 Å². The number of amides is 2. The summed E-state index contributed by atoms with van der Waals surface area (Å²) in [4.78, 5) is 38.2. The first-order valence-corrected chi connectivity index (χ1v) is 14.1. The fraction of sp³-hybridized carbons (Fsp3) is 0.333. The van der Waals surface area contributed by atoms with Crippen molar-refractivity contribution in [1.29, 1.82) is 0 Å². The predicted molar refractivity (Wildman–Crippen MR) is 144 cm³/mol. The molecule has 2 aromatic carbocycles. The summed E-state index contributed by atoms with van der Waals surface area (Å²) in [5.74, 6) is -3.85. The lowest BCUT2D eigenvalue weighted by atomic mass is 9.91. The van der Waals surface area contributed by atoms with E-state index in [1.807, 2.05) is 37.3 Å². The van der Waals surface area contributed by atoms with Gasteiger partial charge < -0.3 is 15.2 Å². The smallest absolute Gasteiger partial charge is 0.489 e. The number of aromatic nitrogens is 1. The topological polar surface area (TPSA) is 172 Å². The SMILES string of the molecule is Cc1cc(COc2ccc(C(=O)NC3(CC(=O)NO)CC(C)S(=O)(=O)C3)cc2)c2ccccc2n1.O=C(O)C(F)(F)F. The largest absolute Gasteiger partial charge is 0.490 e. The molecule has 0 bridgehead atoms. The zero-order valence-corrected chi connectivity index (χ0v) is 23.3. The molecule has 3 aromatic rings. The van der Waals surface area contributed by atoms with E-state index in [1.165, 1.54) is 5.48 Å². The third-order valence-corrected chi connectivity index (χ3v) is 8.80. The number of hydroxylamine groups is 1. The van der Waals surface area contributed by atoms with E-state index in [2.05, 4.69) is 10.3 Å². The van der Waals surface area contributed by atoms with E-state index in [0.717, 1.165) is 22.2 Å². The number of carboxylic acid groups (broad SMARTS) is 1. The van der Waals surface area contributed by atoms with Crippen molar-refractivity contribution >= 4 is 38.5 Å². The van der Waals surface area contributed by atoms with Crippen molar-refractivity contribution in [3.63, 3.8) is 0 Å². The molecule has 0 aliphatic carbocycles. The van der Waals surface area contributed by atoms with Crippen molar-refractivity contribution in [3.05, 3.63) is 71.4 Å². The van der Waals surface area contributed by atoms with Crippen LogP contribution in [-0.2, 0) is 26.0 Å². The average Bonchev–Trinajstić information content (AvgIpc) is 3.13. The first kappa shape index (κ1) is 32.3. The number of carboxylic acids is 1. The molecule has 1 aliphatic rings. The number of sulfone groups is 1.